The number of carboxylic acid groups (broad SMARTS) is 1. The van der Waals surface area contributed by atoms with E-state index in [1.807, 2.05) is 0 Å². The van der Waals surface area contributed by atoms with Crippen LogP contribution in [0.2, 0.25) is 0 Å². The van der Waals surface area contributed by atoms with Crippen molar-refractivity contribution in [1.29, 1.82) is 0 Å². The molecule has 1 aromatic carbocycles. The molecule has 0 spiro atoms. The predicted octanol–water partition coefficient (Wildman–Crippen LogP) is 0.132. The van der Waals surface area contributed by atoms with Crippen molar-refractivity contribution in [3.63, 3.8) is 0 Å². The van der Waals surface area contributed by atoms with E-state index in [0.29, 0.717) is 6.07 Å². The zero-order valence-corrected chi connectivity index (χ0v) is 10.7. The summed E-state index contributed by atoms with van der Waals surface area (Å²) >= 11 is 0. The molecule has 0 unspecified atom stereocenters. The largest absolute Gasteiger partial charge is 0.478 e. The molecule has 110 valence electrons. The highest BCUT2D eigenvalue weighted by atomic mass is 32.2. The molecule has 9 nitrogen and oxygen atoms in total. The van der Waals surface area contributed by atoms with Crippen molar-refractivity contribution in [1.82, 2.24) is 0 Å². The van der Waals surface area contributed by atoms with Crippen LogP contribution in [0.5, 0.6) is 0 Å². The van der Waals surface area contributed by atoms with E-state index in [4.69, 9.17) is 10.2 Å². The van der Waals surface area contributed by atoms with Crippen LogP contribution in [0.3, 0.4) is 0 Å². The fourth-order valence-electron chi connectivity index (χ4n) is 1.35. The molecule has 0 fully saturated rings. The molecule has 0 heterocycles. The Morgan fingerprint density at radius 3 is 2.55 bits per heavy atom. The van der Waals surface area contributed by atoms with E-state index in [9.17, 15) is 27.7 Å². The van der Waals surface area contributed by atoms with Crippen molar-refractivity contribution in [2.45, 2.75) is 0 Å². The Kier molecular flexibility index (Phi) is 4.57. The van der Waals surface area contributed by atoms with Gasteiger partial charge in [-0.15, -0.1) is 0 Å². The quantitative estimate of drug-likeness (QED) is 0.498. The van der Waals surface area contributed by atoms with Crippen molar-refractivity contribution in [2.75, 3.05) is 17.6 Å². The van der Waals surface area contributed by atoms with E-state index in [-0.39, 0.29) is 12.2 Å². The Balaban J connectivity index is 3.11. The van der Waals surface area contributed by atoms with Crippen molar-refractivity contribution < 1.29 is 27.6 Å². The maximum Gasteiger partial charge on any atom is 0.338 e. The number of primary sulfonamides is 1. The topological polar surface area (TPSA) is 153 Å². The maximum absolute atomic E-state index is 13.3. The van der Waals surface area contributed by atoms with Gasteiger partial charge in [0.25, 0.3) is 5.69 Å². The molecule has 20 heavy (non-hydrogen) atoms. The second kappa shape index (κ2) is 5.79. The lowest BCUT2D eigenvalue weighted by Crippen LogP contribution is -2.22. The number of sulfonamides is 1. The number of halogens is 1. The normalized spacial score (nSPS) is 11.1. The Morgan fingerprint density at radius 1 is 1.50 bits per heavy atom. The molecule has 0 aliphatic rings. The van der Waals surface area contributed by atoms with Gasteiger partial charge in [0.1, 0.15) is 11.5 Å². The molecular formula is C9H10FN3O6S. The van der Waals surface area contributed by atoms with Gasteiger partial charge in [0.15, 0.2) is 0 Å². The molecule has 0 aliphatic carbocycles. The number of nitrogens with one attached hydrogen (secondary N) is 1. The third-order valence-electron chi connectivity index (χ3n) is 2.21. The summed E-state index contributed by atoms with van der Waals surface area (Å²) in [6.45, 7) is -0.287. The molecular weight excluding hydrogens is 297 g/mol. The first-order valence-electron chi connectivity index (χ1n) is 5.07. The fourth-order valence-corrected chi connectivity index (χ4v) is 1.73. The highest BCUT2D eigenvalue weighted by molar-refractivity contribution is 7.89. The van der Waals surface area contributed by atoms with E-state index in [0.717, 1.165) is 6.07 Å². The van der Waals surface area contributed by atoms with Gasteiger partial charge in [0, 0.05) is 6.54 Å². The standard InChI is InChI=1S/C9H10FN3O6S/c10-6-4-8(13(16)17)7(3-5(6)9(14)15)12-1-2-20(11,18)19/h3-4,12H,1-2H2,(H,14,15)(H2,11,18,19). The molecule has 0 radical (unpaired) electrons. The Bertz CT molecular complexity index is 660. The van der Waals surface area contributed by atoms with Crippen LogP contribution in [0, 0.1) is 15.9 Å². The lowest BCUT2D eigenvalue weighted by atomic mass is 10.1. The zero-order valence-electron chi connectivity index (χ0n) is 9.87. The summed E-state index contributed by atoms with van der Waals surface area (Å²) < 4.78 is 34.8. The lowest BCUT2D eigenvalue weighted by molar-refractivity contribution is -0.384. The summed E-state index contributed by atoms with van der Waals surface area (Å²) in [4.78, 5) is 20.5. The number of aromatic carboxylic acids is 1. The average Bonchev–Trinajstić information content (AvgIpc) is 2.28. The van der Waals surface area contributed by atoms with Crippen LogP contribution < -0.4 is 10.5 Å². The van der Waals surface area contributed by atoms with Crippen LogP contribution in [-0.2, 0) is 10.0 Å². The molecule has 0 saturated carbocycles. The van der Waals surface area contributed by atoms with Crippen LogP contribution in [0.1, 0.15) is 10.4 Å². The SMILES string of the molecule is NS(=O)(=O)CCNc1cc(C(=O)O)c(F)cc1[N+](=O)[O-]. The molecule has 0 bridgehead atoms. The van der Waals surface area contributed by atoms with Gasteiger partial charge in [-0.3, -0.25) is 10.1 Å². The van der Waals surface area contributed by atoms with E-state index >= 15 is 0 Å². The van der Waals surface area contributed by atoms with Crippen LogP contribution >= 0.6 is 0 Å². The Labute approximate surface area is 112 Å². The van der Waals surface area contributed by atoms with Crippen LogP contribution in [0.4, 0.5) is 15.8 Å². The molecule has 0 atom stereocenters. The first kappa shape index (κ1) is 15.8. The van der Waals surface area contributed by atoms with E-state index in [2.05, 4.69) is 5.32 Å². The molecule has 4 N–H and O–H groups in total. The summed E-state index contributed by atoms with van der Waals surface area (Å²) in [5.74, 6) is -3.39. The van der Waals surface area contributed by atoms with Crippen LogP contribution in [0.15, 0.2) is 12.1 Å². The summed E-state index contributed by atoms with van der Waals surface area (Å²) in [7, 11) is -3.78. The smallest absolute Gasteiger partial charge is 0.338 e. The maximum atomic E-state index is 13.3. The van der Waals surface area contributed by atoms with Crippen LogP contribution in [0.25, 0.3) is 0 Å². The number of carboxylic acids is 1. The zero-order chi connectivity index (χ0) is 15.5. The lowest BCUT2D eigenvalue weighted by Gasteiger charge is -2.08. The second-order valence-corrected chi connectivity index (χ2v) is 5.44. The van der Waals surface area contributed by atoms with Gasteiger partial charge in [-0.2, -0.15) is 0 Å². The fraction of sp³-hybridized carbons (Fsp3) is 0.222. The minimum absolute atomic E-state index is 0.287. The van der Waals surface area contributed by atoms with Crippen molar-refractivity contribution in [3.05, 3.63) is 33.6 Å². The number of nitrogens with two attached hydrogens (primary N) is 1. The van der Waals surface area contributed by atoms with E-state index in [1.54, 1.807) is 0 Å². The van der Waals surface area contributed by atoms with E-state index < -0.39 is 43.7 Å². The number of hydrogen-bond acceptors (Lipinski definition) is 6. The number of nitro groups is 1. The number of carbonyl (C=O) groups is 1. The van der Waals surface area contributed by atoms with Gasteiger partial charge in [-0.25, -0.2) is 22.7 Å². The second-order valence-electron chi connectivity index (χ2n) is 3.71. The van der Waals surface area contributed by atoms with Gasteiger partial charge in [0.05, 0.1) is 22.3 Å². The minimum atomic E-state index is -3.78. The number of nitro benzene ring substituents is 1. The molecule has 0 saturated heterocycles. The highest BCUT2D eigenvalue weighted by Gasteiger charge is 2.21. The number of anilines is 1. The molecule has 1 rings (SSSR count). The van der Waals surface area contributed by atoms with Crippen LogP contribution in [-0.4, -0.2) is 36.7 Å². The third-order valence-corrected chi connectivity index (χ3v) is 2.99. The summed E-state index contributed by atoms with van der Waals surface area (Å²) in [5, 5.41) is 26.5. The van der Waals surface area contributed by atoms with Crippen molar-refractivity contribution >= 4 is 27.4 Å². The van der Waals surface area contributed by atoms with Gasteiger partial charge in [0.2, 0.25) is 10.0 Å². The summed E-state index contributed by atoms with van der Waals surface area (Å²) in [6.07, 6.45) is 0. The first-order valence-corrected chi connectivity index (χ1v) is 6.79. The monoisotopic (exact) mass is 307 g/mol. The number of hydrogen-bond donors (Lipinski definition) is 3. The van der Waals surface area contributed by atoms with E-state index in [1.165, 1.54) is 0 Å². The molecule has 0 aromatic heterocycles. The third kappa shape index (κ3) is 4.13. The summed E-state index contributed by atoms with van der Waals surface area (Å²) in [5.41, 5.74) is -1.78. The number of benzene rings is 1. The Hall–Kier alpha value is -2.27. The van der Waals surface area contributed by atoms with Gasteiger partial charge < -0.3 is 10.4 Å². The average molecular weight is 307 g/mol. The molecule has 0 amide bonds. The van der Waals surface area contributed by atoms with Gasteiger partial charge >= 0.3 is 5.97 Å². The molecule has 11 heteroatoms. The highest BCUT2D eigenvalue weighted by Crippen LogP contribution is 2.27. The number of rotatable bonds is 6. The summed E-state index contributed by atoms with van der Waals surface area (Å²) in [6, 6.07) is 1.17. The first-order chi connectivity index (χ1) is 9.11. The van der Waals surface area contributed by atoms with Gasteiger partial charge in [-0.05, 0) is 6.07 Å². The predicted molar refractivity (Wildman–Crippen MR) is 66.5 cm³/mol. The molecule has 1 aromatic rings. The van der Waals surface area contributed by atoms with Crippen molar-refractivity contribution in [2.24, 2.45) is 5.14 Å². The number of nitrogens with zero attached hydrogens (tertiary/aromatic N) is 1. The molecule has 0 aliphatic heterocycles. The van der Waals surface area contributed by atoms with Gasteiger partial charge in [-0.1, -0.05) is 0 Å². The Morgan fingerprint density at radius 2 is 2.10 bits per heavy atom. The minimum Gasteiger partial charge on any atom is -0.478 e. The van der Waals surface area contributed by atoms with Crippen molar-refractivity contribution in [3.8, 4) is 0 Å².